The predicted octanol–water partition coefficient (Wildman–Crippen LogP) is 8.29. The molecule has 0 aromatic carbocycles. The van der Waals surface area contributed by atoms with E-state index in [2.05, 4.69) is 55.0 Å². The molecule has 0 amide bonds. The molecule has 2 aromatic heterocycles. The summed E-state index contributed by atoms with van der Waals surface area (Å²) in [5.41, 5.74) is 1.89. The summed E-state index contributed by atoms with van der Waals surface area (Å²) in [4.78, 5) is 4.47. The van der Waals surface area contributed by atoms with Crippen molar-refractivity contribution in [2.45, 2.75) is 130 Å². The van der Waals surface area contributed by atoms with E-state index in [1.165, 1.54) is 101 Å². The summed E-state index contributed by atoms with van der Waals surface area (Å²) in [6, 6.07) is 9.61. The maximum atomic E-state index is 5.80. The fourth-order valence-corrected chi connectivity index (χ4v) is 6.44. The number of rotatable bonds is 22. The lowest BCUT2D eigenvalue weighted by Crippen LogP contribution is -2.21. The first-order valence-corrected chi connectivity index (χ1v) is 17.2. The van der Waals surface area contributed by atoms with Crippen molar-refractivity contribution in [3.8, 4) is 17.1 Å². The Morgan fingerprint density at radius 3 is 2.03 bits per heavy atom. The van der Waals surface area contributed by atoms with Gasteiger partial charge >= 0.3 is 0 Å². The predicted molar refractivity (Wildman–Crippen MR) is 163 cm³/mol. The van der Waals surface area contributed by atoms with Crippen LogP contribution >= 0.6 is 0 Å². The molecular formula is C32H55N3OSi. The van der Waals surface area contributed by atoms with E-state index in [-0.39, 0.29) is 9.52 Å². The zero-order valence-corrected chi connectivity index (χ0v) is 25.9. The first-order valence-electron chi connectivity index (χ1n) is 15.5. The number of ether oxygens (including phenoxy) is 1. The fraction of sp³-hybridized carbons (Fsp3) is 0.719. The standard InChI is InChI=1S/C32H55N3OSi/c1-5-7-9-10-11-16-24-36-31-22-20-29(25-33-31)30-21-23-32(35-34-30)37-26-28(4)19-15-12-14-18-27(3)17-13-8-6-2/h20-23,25,27-28H,5-19,24,26,37H2,1-4H3. The Hall–Kier alpha value is -1.75. The molecule has 0 fully saturated rings. The highest BCUT2D eigenvalue weighted by atomic mass is 28.2. The maximum absolute atomic E-state index is 5.80. The average Bonchev–Trinajstić information content (AvgIpc) is 2.92. The van der Waals surface area contributed by atoms with Gasteiger partial charge in [-0.2, -0.15) is 10.2 Å². The number of pyridine rings is 1. The molecule has 0 saturated heterocycles. The molecule has 0 aliphatic rings. The number of nitrogens with zero attached hydrogens (tertiary/aromatic N) is 3. The molecule has 0 N–H and O–H groups in total. The van der Waals surface area contributed by atoms with Gasteiger partial charge in [-0.25, -0.2) is 4.98 Å². The largest absolute Gasteiger partial charge is 0.478 e. The highest BCUT2D eigenvalue weighted by molar-refractivity contribution is 6.52. The molecule has 208 valence electrons. The van der Waals surface area contributed by atoms with Crippen LogP contribution in [-0.4, -0.2) is 31.3 Å². The minimum atomic E-state index is -0.354. The summed E-state index contributed by atoms with van der Waals surface area (Å²) < 4.78 is 5.80. The van der Waals surface area contributed by atoms with E-state index in [9.17, 15) is 0 Å². The third-order valence-corrected chi connectivity index (χ3v) is 9.75. The third-order valence-electron chi connectivity index (χ3n) is 7.59. The van der Waals surface area contributed by atoms with Gasteiger partial charge < -0.3 is 4.74 Å². The molecular weight excluding hydrogens is 470 g/mol. The molecule has 2 atom stereocenters. The van der Waals surface area contributed by atoms with Gasteiger partial charge in [-0.15, -0.1) is 0 Å². The Labute approximate surface area is 230 Å². The summed E-state index contributed by atoms with van der Waals surface area (Å²) in [6.07, 6.45) is 22.0. The molecule has 0 radical (unpaired) electrons. The van der Waals surface area contributed by atoms with Crippen LogP contribution in [0.3, 0.4) is 0 Å². The van der Waals surface area contributed by atoms with Gasteiger partial charge in [0, 0.05) is 23.1 Å². The van der Waals surface area contributed by atoms with Gasteiger partial charge in [0.1, 0.15) is 0 Å². The molecule has 0 spiro atoms. The molecule has 2 heterocycles. The molecule has 4 nitrogen and oxygen atoms in total. The topological polar surface area (TPSA) is 47.9 Å². The van der Waals surface area contributed by atoms with E-state index < -0.39 is 0 Å². The summed E-state index contributed by atoms with van der Waals surface area (Å²) in [7, 11) is -0.354. The van der Waals surface area contributed by atoms with Crippen molar-refractivity contribution < 1.29 is 4.74 Å². The molecule has 2 aromatic rings. The van der Waals surface area contributed by atoms with Gasteiger partial charge in [-0.1, -0.05) is 124 Å². The Balaban J connectivity index is 1.59. The van der Waals surface area contributed by atoms with Crippen molar-refractivity contribution in [1.82, 2.24) is 15.2 Å². The van der Waals surface area contributed by atoms with Crippen LogP contribution in [0.1, 0.15) is 124 Å². The van der Waals surface area contributed by atoms with Crippen molar-refractivity contribution in [2.75, 3.05) is 6.61 Å². The Bertz CT molecular complexity index is 797. The van der Waals surface area contributed by atoms with E-state index in [4.69, 9.17) is 4.74 Å². The number of hydrogen-bond acceptors (Lipinski definition) is 4. The zero-order valence-electron chi connectivity index (χ0n) is 24.5. The van der Waals surface area contributed by atoms with E-state index in [0.717, 1.165) is 36.1 Å². The van der Waals surface area contributed by atoms with Crippen LogP contribution in [0, 0.1) is 11.8 Å². The summed E-state index contributed by atoms with van der Waals surface area (Å²) in [6.45, 7) is 10.1. The number of aromatic nitrogens is 3. The van der Waals surface area contributed by atoms with Crippen molar-refractivity contribution >= 4 is 14.8 Å². The minimum Gasteiger partial charge on any atom is -0.478 e. The quantitative estimate of drug-likeness (QED) is 0.115. The van der Waals surface area contributed by atoms with E-state index in [1.54, 1.807) is 0 Å². The van der Waals surface area contributed by atoms with Gasteiger partial charge in [0.05, 0.1) is 21.8 Å². The van der Waals surface area contributed by atoms with Crippen LogP contribution < -0.4 is 10.1 Å². The van der Waals surface area contributed by atoms with Gasteiger partial charge in [0.15, 0.2) is 0 Å². The van der Waals surface area contributed by atoms with Crippen LogP contribution in [0.25, 0.3) is 11.3 Å². The lowest BCUT2D eigenvalue weighted by atomic mass is 9.96. The molecule has 0 bridgehead atoms. The normalized spacial score (nSPS) is 13.3. The number of hydrogen-bond donors (Lipinski definition) is 0. The van der Waals surface area contributed by atoms with Crippen LogP contribution in [-0.2, 0) is 0 Å². The zero-order chi connectivity index (χ0) is 26.6. The van der Waals surface area contributed by atoms with Crippen LogP contribution in [0.15, 0.2) is 30.5 Å². The van der Waals surface area contributed by atoms with Crippen molar-refractivity contribution in [1.29, 1.82) is 0 Å². The summed E-state index contributed by atoms with van der Waals surface area (Å²) >= 11 is 0. The van der Waals surface area contributed by atoms with E-state index >= 15 is 0 Å². The van der Waals surface area contributed by atoms with E-state index in [1.807, 2.05) is 18.3 Å². The van der Waals surface area contributed by atoms with E-state index in [0.29, 0.717) is 5.88 Å². The maximum Gasteiger partial charge on any atom is 0.213 e. The molecule has 37 heavy (non-hydrogen) atoms. The lowest BCUT2D eigenvalue weighted by molar-refractivity contribution is 0.293. The highest BCUT2D eigenvalue weighted by Crippen LogP contribution is 2.20. The lowest BCUT2D eigenvalue weighted by Gasteiger charge is -2.12. The number of unbranched alkanes of at least 4 members (excludes halogenated alkanes) is 9. The molecule has 0 aliphatic heterocycles. The van der Waals surface area contributed by atoms with Gasteiger partial charge in [0.25, 0.3) is 0 Å². The fourth-order valence-electron chi connectivity index (χ4n) is 4.91. The second kappa shape index (κ2) is 20.2. The second-order valence-corrected chi connectivity index (χ2v) is 13.1. The van der Waals surface area contributed by atoms with Crippen molar-refractivity contribution in [3.63, 3.8) is 0 Å². The Kier molecular flexibility index (Phi) is 17.2. The first-order chi connectivity index (χ1) is 18.1. The average molecular weight is 526 g/mol. The molecule has 2 rings (SSSR count). The van der Waals surface area contributed by atoms with Crippen LogP contribution in [0.4, 0.5) is 0 Å². The van der Waals surface area contributed by atoms with Crippen molar-refractivity contribution in [2.24, 2.45) is 11.8 Å². The van der Waals surface area contributed by atoms with Crippen LogP contribution in [0.2, 0.25) is 6.04 Å². The monoisotopic (exact) mass is 525 g/mol. The molecule has 0 saturated carbocycles. The highest BCUT2D eigenvalue weighted by Gasteiger charge is 2.08. The Morgan fingerprint density at radius 1 is 0.703 bits per heavy atom. The third kappa shape index (κ3) is 14.7. The van der Waals surface area contributed by atoms with Gasteiger partial charge in [-0.05, 0) is 36.5 Å². The molecule has 0 aliphatic carbocycles. The first kappa shape index (κ1) is 31.5. The molecule has 5 heteroatoms. The van der Waals surface area contributed by atoms with Crippen LogP contribution in [0.5, 0.6) is 5.88 Å². The van der Waals surface area contributed by atoms with Crippen molar-refractivity contribution in [3.05, 3.63) is 30.5 Å². The molecule has 2 unspecified atom stereocenters. The second-order valence-electron chi connectivity index (χ2n) is 11.3. The summed E-state index contributed by atoms with van der Waals surface area (Å²) in [5, 5.41) is 10.3. The summed E-state index contributed by atoms with van der Waals surface area (Å²) in [5.74, 6) is 2.42. The van der Waals surface area contributed by atoms with Gasteiger partial charge in [-0.3, -0.25) is 0 Å². The van der Waals surface area contributed by atoms with Gasteiger partial charge in [0.2, 0.25) is 5.88 Å². The minimum absolute atomic E-state index is 0.354. The SMILES string of the molecule is CCCCCCCCOc1ccc(-c2ccc([SiH2]CC(C)CCCCCC(C)CCCCC)nn2)cn1. The Morgan fingerprint density at radius 2 is 1.35 bits per heavy atom. The smallest absolute Gasteiger partial charge is 0.213 e.